The van der Waals surface area contributed by atoms with E-state index >= 15 is 0 Å². The number of hydrogen-bond acceptors (Lipinski definition) is 3. The third-order valence-electron chi connectivity index (χ3n) is 2.86. The molecule has 0 aliphatic carbocycles. The first-order valence-electron chi connectivity index (χ1n) is 6.46. The highest BCUT2D eigenvalue weighted by Gasteiger charge is 2.11. The van der Waals surface area contributed by atoms with Crippen molar-refractivity contribution in [2.24, 2.45) is 5.92 Å². The van der Waals surface area contributed by atoms with E-state index < -0.39 is 18.5 Å². The maximum atomic E-state index is 12.0. The molecule has 1 rings (SSSR count). The average Bonchev–Trinajstić information content (AvgIpc) is 2.43. The number of carbonyl (C=O) groups is 2. The van der Waals surface area contributed by atoms with E-state index in [1.165, 1.54) is 24.3 Å². The standard InChI is InChI=1S/C14H17F2NO4/c1-9(13(19)20)3-2-8-17-12(18)10-4-6-11(7-5-10)21-14(15)16/h4-7,9,14H,2-3,8H2,1H3,(H,17,18)(H,19,20). The molecule has 1 aromatic rings. The highest BCUT2D eigenvalue weighted by Crippen LogP contribution is 2.14. The summed E-state index contributed by atoms with van der Waals surface area (Å²) < 4.78 is 28.1. The predicted octanol–water partition coefficient (Wildman–Crippen LogP) is 2.52. The summed E-state index contributed by atoms with van der Waals surface area (Å²) >= 11 is 0. The molecule has 0 aliphatic rings. The van der Waals surface area contributed by atoms with Crippen molar-refractivity contribution >= 4 is 11.9 Å². The average molecular weight is 301 g/mol. The summed E-state index contributed by atoms with van der Waals surface area (Å²) in [7, 11) is 0. The van der Waals surface area contributed by atoms with Gasteiger partial charge in [0.05, 0.1) is 5.92 Å². The van der Waals surface area contributed by atoms with Crippen LogP contribution in [0, 0.1) is 5.92 Å². The van der Waals surface area contributed by atoms with E-state index in [0.717, 1.165) is 0 Å². The first kappa shape index (κ1) is 16.9. The number of ether oxygens (including phenoxy) is 1. The third kappa shape index (κ3) is 6.20. The number of hydrogen-bond donors (Lipinski definition) is 2. The van der Waals surface area contributed by atoms with Crippen molar-refractivity contribution in [3.8, 4) is 5.75 Å². The second-order valence-electron chi connectivity index (χ2n) is 4.54. The van der Waals surface area contributed by atoms with E-state index in [1.54, 1.807) is 6.92 Å². The maximum Gasteiger partial charge on any atom is 0.387 e. The third-order valence-corrected chi connectivity index (χ3v) is 2.86. The molecule has 116 valence electrons. The van der Waals surface area contributed by atoms with E-state index in [0.29, 0.717) is 24.9 Å². The van der Waals surface area contributed by atoms with Crippen molar-refractivity contribution in [1.29, 1.82) is 0 Å². The summed E-state index contributed by atoms with van der Waals surface area (Å²) in [6.07, 6.45) is 1.02. The van der Waals surface area contributed by atoms with Crippen LogP contribution >= 0.6 is 0 Å². The van der Waals surface area contributed by atoms with E-state index in [-0.39, 0.29) is 11.7 Å². The van der Waals surface area contributed by atoms with Crippen LogP contribution in [-0.4, -0.2) is 30.1 Å². The highest BCUT2D eigenvalue weighted by molar-refractivity contribution is 5.94. The zero-order chi connectivity index (χ0) is 15.8. The fourth-order valence-corrected chi connectivity index (χ4v) is 1.62. The Hall–Kier alpha value is -2.18. The zero-order valence-electron chi connectivity index (χ0n) is 11.5. The molecule has 21 heavy (non-hydrogen) atoms. The van der Waals surface area contributed by atoms with Crippen LogP contribution in [-0.2, 0) is 4.79 Å². The van der Waals surface area contributed by atoms with Gasteiger partial charge in [-0.05, 0) is 37.1 Å². The summed E-state index contributed by atoms with van der Waals surface area (Å²) in [6, 6.07) is 5.33. The topological polar surface area (TPSA) is 75.6 Å². The van der Waals surface area contributed by atoms with E-state index in [2.05, 4.69) is 10.1 Å². The maximum absolute atomic E-state index is 12.0. The van der Waals surface area contributed by atoms with Gasteiger partial charge in [0, 0.05) is 12.1 Å². The molecule has 0 aromatic heterocycles. The summed E-state index contributed by atoms with van der Waals surface area (Å²) in [5, 5.41) is 11.3. The van der Waals surface area contributed by atoms with Gasteiger partial charge in [-0.1, -0.05) is 6.92 Å². The number of carbonyl (C=O) groups excluding carboxylic acids is 1. The van der Waals surface area contributed by atoms with Crippen molar-refractivity contribution in [2.75, 3.05) is 6.54 Å². The van der Waals surface area contributed by atoms with Gasteiger partial charge in [-0.2, -0.15) is 8.78 Å². The zero-order valence-corrected chi connectivity index (χ0v) is 11.5. The van der Waals surface area contributed by atoms with Crippen molar-refractivity contribution in [2.45, 2.75) is 26.4 Å². The molecule has 0 bridgehead atoms. The Morgan fingerprint density at radius 1 is 1.29 bits per heavy atom. The monoisotopic (exact) mass is 301 g/mol. The van der Waals surface area contributed by atoms with Crippen LogP contribution in [0.15, 0.2) is 24.3 Å². The number of alkyl halides is 2. The van der Waals surface area contributed by atoms with Crippen molar-refractivity contribution in [3.63, 3.8) is 0 Å². The van der Waals surface area contributed by atoms with Crippen molar-refractivity contribution < 1.29 is 28.2 Å². The molecule has 0 radical (unpaired) electrons. The molecule has 0 aliphatic heterocycles. The van der Waals surface area contributed by atoms with E-state index in [4.69, 9.17) is 5.11 Å². The Morgan fingerprint density at radius 3 is 2.43 bits per heavy atom. The summed E-state index contributed by atoms with van der Waals surface area (Å²) in [4.78, 5) is 22.3. The molecule has 0 saturated heterocycles. The summed E-state index contributed by atoms with van der Waals surface area (Å²) in [6.45, 7) is -0.946. The second-order valence-corrected chi connectivity index (χ2v) is 4.54. The van der Waals surface area contributed by atoms with Crippen LogP contribution in [0.5, 0.6) is 5.75 Å². The normalized spacial score (nSPS) is 12.0. The van der Waals surface area contributed by atoms with Crippen molar-refractivity contribution in [3.05, 3.63) is 29.8 Å². The first-order valence-corrected chi connectivity index (χ1v) is 6.46. The number of carboxylic acid groups (broad SMARTS) is 1. The van der Waals surface area contributed by atoms with Gasteiger partial charge in [-0.25, -0.2) is 0 Å². The quantitative estimate of drug-likeness (QED) is 0.723. The fraction of sp³-hybridized carbons (Fsp3) is 0.429. The number of benzene rings is 1. The molecule has 5 nitrogen and oxygen atoms in total. The Morgan fingerprint density at radius 2 is 1.90 bits per heavy atom. The molecular weight excluding hydrogens is 284 g/mol. The van der Waals surface area contributed by atoms with Crippen LogP contribution in [0.4, 0.5) is 8.78 Å². The SMILES string of the molecule is CC(CCCNC(=O)c1ccc(OC(F)F)cc1)C(=O)O. The van der Waals surface area contributed by atoms with Gasteiger partial charge in [-0.3, -0.25) is 9.59 Å². The van der Waals surface area contributed by atoms with Crippen LogP contribution in [0.25, 0.3) is 0 Å². The lowest BCUT2D eigenvalue weighted by molar-refractivity contribution is -0.141. The molecule has 1 atom stereocenters. The lowest BCUT2D eigenvalue weighted by Gasteiger charge is -2.08. The lowest BCUT2D eigenvalue weighted by atomic mass is 10.1. The van der Waals surface area contributed by atoms with Gasteiger partial charge >= 0.3 is 12.6 Å². The Balaban J connectivity index is 2.37. The molecule has 2 N–H and O–H groups in total. The van der Waals surface area contributed by atoms with E-state index in [1.807, 2.05) is 0 Å². The highest BCUT2D eigenvalue weighted by atomic mass is 19.3. The van der Waals surface area contributed by atoms with E-state index in [9.17, 15) is 18.4 Å². The van der Waals surface area contributed by atoms with Gasteiger partial charge in [0.25, 0.3) is 5.91 Å². The number of nitrogens with one attached hydrogen (secondary N) is 1. The summed E-state index contributed by atoms with van der Waals surface area (Å²) in [5.41, 5.74) is 0.322. The van der Waals surface area contributed by atoms with Crippen LogP contribution in [0.1, 0.15) is 30.1 Å². The van der Waals surface area contributed by atoms with Gasteiger partial charge < -0.3 is 15.2 Å². The molecule has 1 aromatic carbocycles. The molecule has 1 unspecified atom stereocenters. The van der Waals surface area contributed by atoms with Gasteiger partial charge in [-0.15, -0.1) is 0 Å². The smallest absolute Gasteiger partial charge is 0.387 e. The summed E-state index contributed by atoms with van der Waals surface area (Å²) in [5.74, 6) is -1.68. The minimum Gasteiger partial charge on any atom is -0.481 e. The second kappa shape index (κ2) is 8.18. The molecule has 0 heterocycles. The van der Waals surface area contributed by atoms with Gasteiger partial charge in [0.1, 0.15) is 5.75 Å². The van der Waals surface area contributed by atoms with Crippen LogP contribution < -0.4 is 10.1 Å². The number of halogens is 2. The molecule has 0 saturated carbocycles. The van der Waals surface area contributed by atoms with Gasteiger partial charge in [0.15, 0.2) is 0 Å². The minimum atomic E-state index is -2.90. The Labute approximate surface area is 120 Å². The van der Waals surface area contributed by atoms with Crippen LogP contribution in [0.3, 0.4) is 0 Å². The number of amides is 1. The minimum absolute atomic E-state index is 0.0168. The Bertz CT molecular complexity index is 476. The Kier molecular flexibility index (Phi) is 6.58. The number of rotatable bonds is 8. The molecule has 7 heteroatoms. The molecule has 0 spiro atoms. The number of aliphatic carboxylic acids is 1. The molecule has 0 fully saturated rings. The molecule has 1 amide bonds. The fourth-order valence-electron chi connectivity index (χ4n) is 1.62. The predicted molar refractivity (Wildman–Crippen MR) is 71.4 cm³/mol. The van der Waals surface area contributed by atoms with Crippen molar-refractivity contribution in [1.82, 2.24) is 5.32 Å². The molecular formula is C14H17F2NO4. The lowest BCUT2D eigenvalue weighted by Crippen LogP contribution is -2.25. The first-order chi connectivity index (χ1) is 9.90. The number of carboxylic acids is 1. The van der Waals surface area contributed by atoms with Crippen LogP contribution in [0.2, 0.25) is 0 Å². The van der Waals surface area contributed by atoms with Gasteiger partial charge in [0.2, 0.25) is 0 Å². The largest absolute Gasteiger partial charge is 0.481 e.